The van der Waals surface area contributed by atoms with Gasteiger partial charge in [0.2, 0.25) is 0 Å². The van der Waals surface area contributed by atoms with Gasteiger partial charge in [0.1, 0.15) is 5.60 Å². The maximum atomic E-state index is 12.6. The monoisotopic (exact) mass is 504 g/mol. The minimum atomic E-state index is -1.28. The van der Waals surface area contributed by atoms with E-state index in [4.69, 9.17) is 0 Å². The molecule has 3 saturated carbocycles. The quantitative estimate of drug-likeness (QED) is 0.309. The number of carbonyl (C=O) groups excluding carboxylic acids is 1. The van der Waals surface area contributed by atoms with Crippen molar-refractivity contribution in [2.24, 2.45) is 23.2 Å². The molecule has 5 heteroatoms. The predicted molar refractivity (Wildman–Crippen MR) is 144 cm³/mol. The molecule has 3 rings (SSSR count). The molecule has 0 heterocycles. The zero-order chi connectivity index (χ0) is 26.7. The molecule has 0 aromatic rings. The molecule has 0 aromatic carbocycles. The molecule has 5 nitrogen and oxygen atoms in total. The lowest BCUT2D eigenvalue weighted by atomic mass is 9.60. The van der Waals surface area contributed by atoms with Gasteiger partial charge in [-0.1, -0.05) is 43.1 Å². The summed E-state index contributed by atoms with van der Waals surface area (Å²) < 4.78 is 0. The summed E-state index contributed by atoms with van der Waals surface area (Å²) in [7, 11) is 0. The summed E-state index contributed by atoms with van der Waals surface area (Å²) >= 11 is 0. The van der Waals surface area contributed by atoms with Gasteiger partial charge in [0, 0.05) is 6.42 Å². The third-order valence-electron chi connectivity index (χ3n) is 9.47. The van der Waals surface area contributed by atoms with Crippen LogP contribution >= 0.6 is 0 Å². The van der Waals surface area contributed by atoms with E-state index in [1.807, 2.05) is 13.8 Å². The smallest absolute Gasteiger partial charge is 0.163 e. The fraction of sp³-hybridized carbons (Fsp3) is 0.839. The number of aliphatic hydroxyl groups excluding tert-OH is 2. The molecule has 206 valence electrons. The van der Waals surface area contributed by atoms with Gasteiger partial charge in [0.15, 0.2) is 5.78 Å². The summed E-state index contributed by atoms with van der Waals surface area (Å²) in [5.41, 5.74) is 0.894. The Balaban J connectivity index is 1.76. The number of ketones is 1. The highest BCUT2D eigenvalue weighted by atomic mass is 16.3. The summed E-state index contributed by atoms with van der Waals surface area (Å²) in [6, 6.07) is 0. The lowest BCUT2D eigenvalue weighted by Crippen LogP contribution is -2.37. The van der Waals surface area contributed by atoms with Crippen LogP contribution in [0.5, 0.6) is 0 Å². The van der Waals surface area contributed by atoms with Crippen LogP contribution in [0.4, 0.5) is 0 Å². The third-order valence-corrected chi connectivity index (χ3v) is 9.47. The SMILES string of the molecule is CC(C)(O)CCC[C@@H](CCC(=O)C(C)(C)O)C1CCC2C(=CC=C3C[C@@H](O)C[C@H](O)C3)CCC[C@@]21C. The van der Waals surface area contributed by atoms with Crippen molar-refractivity contribution in [3.63, 3.8) is 0 Å². The zero-order valence-corrected chi connectivity index (χ0v) is 23.4. The third kappa shape index (κ3) is 7.75. The molecule has 0 aromatic heterocycles. The number of rotatable bonds is 10. The average molecular weight is 505 g/mol. The zero-order valence-electron chi connectivity index (χ0n) is 23.4. The summed E-state index contributed by atoms with van der Waals surface area (Å²) in [6.45, 7) is 9.36. The molecule has 3 fully saturated rings. The summed E-state index contributed by atoms with van der Waals surface area (Å²) in [6.07, 6.45) is 15.1. The number of hydrogen-bond donors (Lipinski definition) is 4. The highest BCUT2D eigenvalue weighted by molar-refractivity contribution is 5.86. The lowest BCUT2D eigenvalue weighted by molar-refractivity contribution is -0.134. The second-order valence-corrected chi connectivity index (χ2v) is 13.6. The first kappa shape index (κ1) is 29.5. The van der Waals surface area contributed by atoms with Crippen LogP contribution in [0.1, 0.15) is 118 Å². The summed E-state index contributed by atoms with van der Waals surface area (Å²) in [4.78, 5) is 12.6. The van der Waals surface area contributed by atoms with Crippen LogP contribution in [-0.2, 0) is 4.79 Å². The van der Waals surface area contributed by atoms with E-state index in [1.54, 1.807) is 13.8 Å². The first-order chi connectivity index (χ1) is 16.7. The molecule has 2 unspecified atom stereocenters. The molecule has 36 heavy (non-hydrogen) atoms. The minimum Gasteiger partial charge on any atom is -0.393 e. The van der Waals surface area contributed by atoms with Crippen LogP contribution in [0, 0.1) is 23.2 Å². The van der Waals surface area contributed by atoms with Crippen molar-refractivity contribution < 1.29 is 25.2 Å². The van der Waals surface area contributed by atoms with Gasteiger partial charge in [-0.15, -0.1) is 0 Å². The molecular formula is C31H52O5. The Hall–Kier alpha value is -1.01. The molecular weight excluding hydrogens is 452 g/mol. The van der Waals surface area contributed by atoms with Crippen molar-refractivity contribution in [3.05, 3.63) is 23.3 Å². The van der Waals surface area contributed by atoms with Gasteiger partial charge in [0.25, 0.3) is 0 Å². The molecule has 0 radical (unpaired) electrons. The van der Waals surface area contributed by atoms with Gasteiger partial charge in [-0.25, -0.2) is 0 Å². The molecule has 0 aliphatic heterocycles. The minimum absolute atomic E-state index is 0.0811. The normalized spacial score (nSPS) is 33.5. The molecule has 6 atom stereocenters. The highest BCUT2D eigenvalue weighted by Crippen LogP contribution is 2.60. The van der Waals surface area contributed by atoms with Crippen LogP contribution in [0.25, 0.3) is 0 Å². The van der Waals surface area contributed by atoms with E-state index in [9.17, 15) is 25.2 Å². The Labute approximate surface area is 219 Å². The van der Waals surface area contributed by atoms with Crippen molar-refractivity contribution in [2.75, 3.05) is 0 Å². The second-order valence-electron chi connectivity index (χ2n) is 13.6. The Morgan fingerprint density at radius 1 is 1.06 bits per heavy atom. The summed E-state index contributed by atoms with van der Waals surface area (Å²) in [5, 5.41) is 40.6. The van der Waals surface area contributed by atoms with Crippen molar-refractivity contribution in [1.82, 2.24) is 0 Å². The van der Waals surface area contributed by atoms with Crippen LogP contribution in [0.2, 0.25) is 0 Å². The van der Waals surface area contributed by atoms with Gasteiger partial charge in [-0.05, 0) is 115 Å². The van der Waals surface area contributed by atoms with E-state index in [0.717, 1.165) is 44.1 Å². The number of hydrogen-bond acceptors (Lipinski definition) is 5. The van der Waals surface area contributed by atoms with Gasteiger partial charge in [-0.3, -0.25) is 4.79 Å². The highest BCUT2D eigenvalue weighted by Gasteiger charge is 2.51. The lowest BCUT2D eigenvalue weighted by Gasteiger charge is -2.45. The molecule has 0 amide bonds. The van der Waals surface area contributed by atoms with Crippen molar-refractivity contribution in [1.29, 1.82) is 0 Å². The van der Waals surface area contributed by atoms with Crippen LogP contribution < -0.4 is 0 Å². The topological polar surface area (TPSA) is 98.0 Å². The fourth-order valence-electron chi connectivity index (χ4n) is 7.55. The van der Waals surface area contributed by atoms with E-state index in [-0.39, 0.29) is 11.2 Å². The van der Waals surface area contributed by atoms with E-state index >= 15 is 0 Å². The standard InChI is InChI=1S/C31H52O5/c1-29(2,35)16-6-8-23(12-15-28(34)30(3,4)36)27-14-13-26-22(9-7-17-31(26,27)5)11-10-21-18-24(32)20-25(33)19-21/h10-11,23-27,32-33,35-36H,6-9,12-20H2,1-5H3/t23-,24+,25+,26?,27?,31-/m0/s1. The Morgan fingerprint density at radius 2 is 1.72 bits per heavy atom. The van der Waals surface area contributed by atoms with Gasteiger partial charge in [-0.2, -0.15) is 0 Å². The maximum absolute atomic E-state index is 12.6. The van der Waals surface area contributed by atoms with Gasteiger partial charge >= 0.3 is 0 Å². The number of carbonyl (C=O) groups is 1. The molecule has 0 saturated heterocycles. The van der Waals surface area contributed by atoms with E-state index in [2.05, 4.69) is 19.1 Å². The largest absolute Gasteiger partial charge is 0.393 e. The van der Waals surface area contributed by atoms with E-state index < -0.39 is 23.4 Å². The Bertz CT molecular complexity index is 802. The average Bonchev–Trinajstić information content (AvgIpc) is 3.09. The first-order valence-electron chi connectivity index (χ1n) is 14.4. The summed E-state index contributed by atoms with van der Waals surface area (Å²) in [5.74, 6) is 1.40. The van der Waals surface area contributed by atoms with Crippen LogP contribution in [0.15, 0.2) is 23.3 Å². The molecule has 4 N–H and O–H groups in total. The Morgan fingerprint density at radius 3 is 2.33 bits per heavy atom. The Kier molecular flexibility index (Phi) is 9.68. The first-order valence-corrected chi connectivity index (χ1v) is 14.4. The molecule has 0 bridgehead atoms. The predicted octanol–water partition coefficient (Wildman–Crippen LogP) is 5.64. The van der Waals surface area contributed by atoms with Gasteiger partial charge in [0.05, 0.1) is 17.8 Å². The van der Waals surface area contributed by atoms with Crippen molar-refractivity contribution >= 4 is 5.78 Å². The van der Waals surface area contributed by atoms with Gasteiger partial charge < -0.3 is 20.4 Å². The number of fused-ring (bicyclic) bond motifs is 1. The van der Waals surface area contributed by atoms with E-state index in [1.165, 1.54) is 24.8 Å². The van der Waals surface area contributed by atoms with Crippen molar-refractivity contribution in [2.45, 2.75) is 141 Å². The fourth-order valence-corrected chi connectivity index (χ4v) is 7.55. The number of allylic oxidation sites excluding steroid dienone is 3. The van der Waals surface area contributed by atoms with Crippen LogP contribution in [-0.4, -0.2) is 49.6 Å². The van der Waals surface area contributed by atoms with E-state index in [0.29, 0.717) is 43.4 Å². The molecule has 3 aliphatic rings. The maximum Gasteiger partial charge on any atom is 0.163 e. The number of Topliss-reactive ketones (excluding diaryl/α,β-unsaturated/α-hetero) is 1. The van der Waals surface area contributed by atoms with Crippen molar-refractivity contribution in [3.8, 4) is 0 Å². The number of aliphatic hydroxyl groups is 4. The molecule has 0 spiro atoms. The molecule has 3 aliphatic carbocycles. The second kappa shape index (κ2) is 11.8. The van der Waals surface area contributed by atoms with Crippen LogP contribution in [0.3, 0.4) is 0 Å².